The zero-order chi connectivity index (χ0) is 26.7. The summed E-state index contributed by atoms with van der Waals surface area (Å²) >= 11 is 6.27. The number of aromatic nitrogens is 1. The summed E-state index contributed by atoms with van der Waals surface area (Å²) in [5, 5.41) is 5.12. The highest BCUT2D eigenvalue weighted by molar-refractivity contribution is 6.34. The molecule has 1 aromatic heterocycles. The second-order valence-corrected chi connectivity index (χ2v) is 7.96. The minimum absolute atomic E-state index is 0.0646. The Balaban J connectivity index is 1.51. The number of alkyl halides is 3. The van der Waals surface area contributed by atoms with Crippen molar-refractivity contribution in [3.05, 3.63) is 77.2 Å². The summed E-state index contributed by atoms with van der Waals surface area (Å²) in [5.74, 6) is 0.717. The molecule has 12 heteroatoms. The molecule has 0 aliphatic heterocycles. The SMILES string of the molecule is COc1cc2nccc(Oc3ccc(NC(=O)Nc4cc(C(F)(F)F)ccc4F)c(Cl)c3)c2cc1OC. The summed E-state index contributed by atoms with van der Waals surface area (Å²) in [7, 11) is 3.02. The van der Waals surface area contributed by atoms with Gasteiger partial charge in [-0.15, -0.1) is 0 Å². The zero-order valence-corrected chi connectivity index (χ0v) is 20.0. The van der Waals surface area contributed by atoms with Crippen molar-refractivity contribution in [2.75, 3.05) is 24.9 Å². The van der Waals surface area contributed by atoms with E-state index in [2.05, 4.69) is 10.3 Å². The van der Waals surface area contributed by atoms with E-state index >= 15 is 0 Å². The minimum atomic E-state index is -4.70. The van der Waals surface area contributed by atoms with Gasteiger partial charge in [0.05, 0.1) is 41.7 Å². The molecule has 0 spiro atoms. The first-order valence-electron chi connectivity index (χ1n) is 10.5. The number of amides is 2. The van der Waals surface area contributed by atoms with Crippen molar-refractivity contribution in [1.29, 1.82) is 0 Å². The Kier molecular flexibility index (Phi) is 7.25. The number of anilines is 2. The quantitative estimate of drug-likeness (QED) is 0.250. The molecule has 4 rings (SSSR count). The van der Waals surface area contributed by atoms with E-state index in [1.165, 1.54) is 32.4 Å². The average molecular weight is 536 g/mol. The molecule has 2 N–H and O–H groups in total. The van der Waals surface area contributed by atoms with Crippen LogP contribution in [0.1, 0.15) is 5.56 Å². The number of halogens is 5. The Hall–Kier alpha value is -4.25. The molecule has 1 heterocycles. The monoisotopic (exact) mass is 535 g/mol. The lowest BCUT2D eigenvalue weighted by atomic mass is 10.2. The molecule has 0 aliphatic rings. The number of fused-ring (bicyclic) bond motifs is 1. The van der Waals surface area contributed by atoms with Gasteiger partial charge in [-0.05, 0) is 42.5 Å². The van der Waals surface area contributed by atoms with Crippen LogP contribution in [0, 0.1) is 5.82 Å². The molecule has 3 aromatic carbocycles. The molecular weight excluding hydrogens is 518 g/mol. The molecule has 0 saturated carbocycles. The zero-order valence-electron chi connectivity index (χ0n) is 19.2. The fourth-order valence-electron chi connectivity index (χ4n) is 3.40. The van der Waals surface area contributed by atoms with Gasteiger partial charge in [0, 0.05) is 23.7 Å². The highest BCUT2D eigenvalue weighted by Crippen LogP contribution is 2.38. The first-order valence-corrected chi connectivity index (χ1v) is 10.9. The molecule has 2 amide bonds. The van der Waals surface area contributed by atoms with Crippen LogP contribution in [0.4, 0.5) is 33.7 Å². The van der Waals surface area contributed by atoms with Crippen molar-refractivity contribution in [1.82, 2.24) is 4.98 Å². The van der Waals surface area contributed by atoms with Crippen LogP contribution >= 0.6 is 11.6 Å². The maximum Gasteiger partial charge on any atom is 0.416 e. The average Bonchev–Trinajstić information content (AvgIpc) is 2.85. The molecule has 0 unspecified atom stereocenters. The van der Waals surface area contributed by atoms with E-state index in [0.717, 1.165) is 0 Å². The van der Waals surface area contributed by atoms with E-state index in [4.69, 9.17) is 25.8 Å². The number of carbonyl (C=O) groups excluding carboxylic acids is 1. The van der Waals surface area contributed by atoms with Gasteiger partial charge in [-0.1, -0.05) is 11.6 Å². The van der Waals surface area contributed by atoms with E-state index in [1.807, 2.05) is 5.32 Å². The summed E-state index contributed by atoms with van der Waals surface area (Å²) in [6.45, 7) is 0. The van der Waals surface area contributed by atoms with Gasteiger partial charge in [-0.3, -0.25) is 4.98 Å². The molecule has 0 bridgehead atoms. The maximum absolute atomic E-state index is 13.9. The molecule has 192 valence electrons. The summed E-state index contributed by atoms with van der Waals surface area (Å²) in [5.41, 5.74) is -1.04. The summed E-state index contributed by atoms with van der Waals surface area (Å²) < 4.78 is 69.2. The van der Waals surface area contributed by atoms with Gasteiger partial charge in [0.15, 0.2) is 11.5 Å². The van der Waals surface area contributed by atoms with Crippen LogP contribution in [0.25, 0.3) is 10.9 Å². The number of urea groups is 1. The number of nitrogens with zero attached hydrogens (tertiary/aromatic N) is 1. The lowest BCUT2D eigenvalue weighted by Crippen LogP contribution is -2.21. The molecule has 0 aliphatic carbocycles. The topological polar surface area (TPSA) is 81.7 Å². The lowest BCUT2D eigenvalue weighted by Gasteiger charge is -2.14. The number of benzene rings is 3. The second-order valence-electron chi connectivity index (χ2n) is 7.55. The number of pyridine rings is 1. The van der Waals surface area contributed by atoms with Crippen LogP contribution in [-0.2, 0) is 6.18 Å². The Morgan fingerprint density at radius 3 is 2.27 bits per heavy atom. The van der Waals surface area contributed by atoms with Crippen LogP contribution in [0.15, 0.2) is 60.8 Å². The van der Waals surface area contributed by atoms with Gasteiger partial charge in [-0.25, -0.2) is 9.18 Å². The number of carbonyl (C=O) groups is 1. The first kappa shape index (κ1) is 25.8. The van der Waals surface area contributed by atoms with Crippen molar-refractivity contribution in [2.45, 2.75) is 6.18 Å². The van der Waals surface area contributed by atoms with Crippen LogP contribution in [0.2, 0.25) is 5.02 Å². The summed E-state index contributed by atoms with van der Waals surface area (Å²) in [4.78, 5) is 16.6. The summed E-state index contributed by atoms with van der Waals surface area (Å²) in [6.07, 6.45) is -3.14. The number of ether oxygens (including phenoxy) is 3. The molecule has 0 fully saturated rings. The Morgan fingerprint density at radius 1 is 0.892 bits per heavy atom. The molecular formula is C25H18ClF4N3O4. The van der Waals surface area contributed by atoms with E-state index < -0.39 is 29.3 Å². The van der Waals surface area contributed by atoms with Crippen molar-refractivity contribution < 1.29 is 36.6 Å². The highest BCUT2D eigenvalue weighted by Gasteiger charge is 2.31. The van der Waals surface area contributed by atoms with Gasteiger partial charge < -0.3 is 24.8 Å². The Morgan fingerprint density at radius 2 is 1.59 bits per heavy atom. The highest BCUT2D eigenvalue weighted by atomic mass is 35.5. The van der Waals surface area contributed by atoms with Crippen molar-refractivity contribution in [3.63, 3.8) is 0 Å². The predicted molar refractivity (Wildman–Crippen MR) is 130 cm³/mol. The summed E-state index contributed by atoms with van der Waals surface area (Å²) in [6, 6.07) is 10.1. The smallest absolute Gasteiger partial charge is 0.416 e. The molecule has 37 heavy (non-hydrogen) atoms. The predicted octanol–water partition coefficient (Wildman–Crippen LogP) is 7.50. The van der Waals surface area contributed by atoms with Crippen LogP contribution in [0.5, 0.6) is 23.0 Å². The van der Waals surface area contributed by atoms with E-state index in [9.17, 15) is 22.4 Å². The standard InChI is InChI=1S/C25H18ClF4N3O4/c1-35-22-11-15-19(12-23(22)36-2)31-8-7-21(15)37-14-4-6-18(16(26)10-14)32-24(34)33-20-9-13(25(28,29)30)3-5-17(20)27/h3-12H,1-2H3,(H2,32,33,34). The fourth-order valence-corrected chi connectivity index (χ4v) is 3.62. The number of rotatable bonds is 6. The molecule has 0 saturated heterocycles. The van der Waals surface area contributed by atoms with Crippen molar-refractivity contribution in [3.8, 4) is 23.0 Å². The third-order valence-corrected chi connectivity index (χ3v) is 5.48. The fraction of sp³-hybridized carbons (Fsp3) is 0.120. The molecule has 4 aromatic rings. The van der Waals surface area contributed by atoms with Gasteiger partial charge >= 0.3 is 12.2 Å². The second kappa shape index (κ2) is 10.4. The molecule has 0 atom stereocenters. The maximum atomic E-state index is 13.9. The number of hydrogen-bond acceptors (Lipinski definition) is 5. The third-order valence-electron chi connectivity index (χ3n) is 5.17. The van der Waals surface area contributed by atoms with E-state index in [-0.39, 0.29) is 10.7 Å². The Bertz CT molecular complexity index is 1480. The largest absolute Gasteiger partial charge is 0.493 e. The molecule has 0 radical (unpaired) electrons. The van der Waals surface area contributed by atoms with Crippen LogP contribution in [0.3, 0.4) is 0 Å². The van der Waals surface area contributed by atoms with Gasteiger partial charge in [0.25, 0.3) is 0 Å². The molecule has 7 nitrogen and oxygen atoms in total. The third kappa shape index (κ3) is 5.78. The number of nitrogens with one attached hydrogen (secondary N) is 2. The van der Waals surface area contributed by atoms with E-state index in [0.29, 0.717) is 52.1 Å². The number of methoxy groups -OCH3 is 2. The van der Waals surface area contributed by atoms with Crippen molar-refractivity contribution >= 4 is 39.9 Å². The van der Waals surface area contributed by atoms with Crippen LogP contribution < -0.4 is 24.8 Å². The van der Waals surface area contributed by atoms with Gasteiger partial charge in [0.1, 0.15) is 17.3 Å². The number of hydrogen-bond donors (Lipinski definition) is 2. The normalized spacial score (nSPS) is 11.2. The van der Waals surface area contributed by atoms with Gasteiger partial charge in [-0.2, -0.15) is 13.2 Å². The van der Waals surface area contributed by atoms with Crippen LogP contribution in [-0.4, -0.2) is 25.2 Å². The van der Waals surface area contributed by atoms with Gasteiger partial charge in [0.2, 0.25) is 0 Å². The lowest BCUT2D eigenvalue weighted by molar-refractivity contribution is -0.137. The first-order chi connectivity index (χ1) is 17.6. The minimum Gasteiger partial charge on any atom is -0.493 e. The van der Waals surface area contributed by atoms with Crippen molar-refractivity contribution in [2.24, 2.45) is 0 Å². The Labute approximate surface area is 212 Å². The van der Waals surface area contributed by atoms with E-state index in [1.54, 1.807) is 24.4 Å².